The number of hydrogen-bond donors (Lipinski definition) is 0. The number of amides is 1. The van der Waals surface area contributed by atoms with E-state index >= 15 is 0 Å². The molecule has 0 fully saturated rings. The van der Waals surface area contributed by atoms with E-state index in [1.807, 2.05) is 6.92 Å². The van der Waals surface area contributed by atoms with Crippen molar-refractivity contribution in [2.75, 3.05) is 25.6 Å². The molecule has 7 heteroatoms. The molecule has 0 N–H and O–H groups in total. The number of halogens is 1. The summed E-state index contributed by atoms with van der Waals surface area (Å²) in [6.07, 6.45) is 1.82. The first-order chi connectivity index (χ1) is 8.73. The van der Waals surface area contributed by atoms with Crippen LogP contribution in [0.4, 0.5) is 0 Å². The van der Waals surface area contributed by atoms with Gasteiger partial charge in [0.1, 0.15) is 15.0 Å². The molecular weight excluding hydrogens is 288 g/mol. The molecule has 0 saturated heterocycles. The summed E-state index contributed by atoms with van der Waals surface area (Å²) >= 11 is 5.85. The fourth-order valence-electron chi connectivity index (χ4n) is 1.48. The summed E-state index contributed by atoms with van der Waals surface area (Å²) in [5.74, 6) is -0.322. The first-order valence-electron chi connectivity index (χ1n) is 5.82. The zero-order valence-electron chi connectivity index (χ0n) is 11.2. The number of carbonyl (C=O) groups excluding carboxylic acids is 1. The van der Waals surface area contributed by atoms with Crippen molar-refractivity contribution in [3.8, 4) is 0 Å². The molecule has 1 rings (SSSR count). The van der Waals surface area contributed by atoms with Gasteiger partial charge in [-0.2, -0.15) is 0 Å². The average Bonchev–Trinajstić information content (AvgIpc) is 2.33. The lowest BCUT2D eigenvalue weighted by molar-refractivity contribution is 0.0803. The van der Waals surface area contributed by atoms with Crippen LogP contribution >= 0.6 is 11.6 Å². The van der Waals surface area contributed by atoms with Gasteiger partial charge in [0.25, 0.3) is 5.91 Å². The van der Waals surface area contributed by atoms with Crippen molar-refractivity contribution in [1.82, 2.24) is 9.88 Å². The number of aryl methyl sites for hydroxylation is 1. The Balaban J connectivity index is 2.85. The van der Waals surface area contributed by atoms with Crippen LogP contribution in [0.25, 0.3) is 0 Å². The van der Waals surface area contributed by atoms with Gasteiger partial charge in [-0.25, -0.2) is 13.4 Å². The van der Waals surface area contributed by atoms with Crippen molar-refractivity contribution in [3.63, 3.8) is 0 Å². The summed E-state index contributed by atoms with van der Waals surface area (Å²) in [6, 6.07) is 3.16. The third kappa shape index (κ3) is 5.16. The minimum absolute atomic E-state index is 0.0608. The fraction of sp³-hybridized carbons (Fsp3) is 0.500. The van der Waals surface area contributed by atoms with Gasteiger partial charge in [-0.15, -0.1) is 0 Å². The number of carbonyl (C=O) groups is 1. The lowest BCUT2D eigenvalue weighted by Crippen LogP contribution is -2.31. The average molecular weight is 305 g/mol. The van der Waals surface area contributed by atoms with Crippen molar-refractivity contribution in [2.45, 2.75) is 13.3 Å². The first-order valence-corrected chi connectivity index (χ1v) is 8.26. The van der Waals surface area contributed by atoms with Gasteiger partial charge >= 0.3 is 0 Å². The molecule has 19 heavy (non-hydrogen) atoms. The lowest BCUT2D eigenvalue weighted by atomic mass is 10.2. The predicted molar refractivity (Wildman–Crippen MR) is 75.3 cm³/mol. The third-order valence-corrected chi connectivity index (χ3v) is 3.72. The van der Waals surface area contributed by atoms with E-state index in [4.69, 9.17) is 11.6 Å². The van der Waals surface area contributed by atoms with Gasteiger partial charge in [0, 0.05) is 31.1 Å². The normalized spacial score (nSPS) is 11.4. The molecule has 0 saturated carbocycles. The Morgan fingerprint density at radius 3 is 2.58 bits per heavy atom. The van der Waals surface area contributed by atoms with Crippen LogP contribution < -0.4 is 0 Å². The largest absolute Gasteiger partial charge is 0.341 e. The van der Waals surface area contributed by atoms with Crippen molar-refractivity contribution in [3.05, 3.63) is 28.5 Å². The van der Waals surface area contributed by atoms with E-state index in [-0.39, 0.29) is 23.4 Å². The summed E-state index contributed by atoms with van der Waals surface area (Å²) in [6.45, 7) is 2.07. The maximum Gasteiger partial charge on any atom is 0.253 e. The highest BCUT2D eigenvalue weighted by molar-refractivity contribution is 7.90. The van der Waals surface area contributed by atoms with Gasteiger partial charge < -0.3 is 4.90 Å². The molecule has 0 unspecified atom stereocenters. The summed E-state index contributed by atoms with van der Waals surface area (Å²) in [4.78, 5) is 17.6. The van der Waals surface area contributed by atoms with Crippen LogP contribution in [0.1, 0.15) is 23.0 Å². The third-order valence-electron chi connectivity index (χ3n) is 2.60. The Hall–Kier alpha value is -1.14. The number of sulfone groups is 1. The van der Waals surface area contributed by atoms with Gasteiger partial charge in [-0.05, 0) is 18.6 Å². The fourth-order valence-corrected chi connectivity index (χ4v) is 2.31. The highest BCUT2D eigenvalue weighted by atomic mass is 35.5. The molecule has 1 amide bonds. The lowest BCUT2D eigenvalue weighted by Gasteiger charge is -2.17. The van der Waals surface area contributed by atoms with Crippen LogP contribution in [0.3, 0.4) is 0 Å². The molecule has 0 aliphatic carbocycles. The highest BCUT2D eigenvalue weighted by Crippen LogP contribution is 2.13. The molecule has 0 spiro atoms. The second kappa shape index (κ2) is 6.34. The quantitative estimate of drug-likeness (QED) is 0.772. The van der Waals surface area contributed by atoms with Crippen molar-refractivity contribution in [1.29, 1.82) is 0 Å². The van der Waals surface area contributed by atoms with E-state index in [0.717, 1.165) is 11.9 Å². The van der Waals surface area contributed by atoms with Gasteiger partial charge in [-0.1, -0.05) is 18.5 Å². The number of aromatic nitrogens is 1. The van der Waals surface area contributed by atoms with Crippen LogP contribution in [0.15, 0.2) is 12.1 Å². The molecule has 1 heterocycles. The minimum atomic E-state index is -3.09. The van der Waals surface area contributed by atoms with E-state index < -0.39 is 9.84 Å². The van der Waals surface area contributed by atoms with E-state index in [1.165, 1.54) is 11.0 Å². The zero-order valence-corrected chi connectivity index (χ0v) is 12.8. The maximum absolute atomic E-state index is 12.1. The summed E-state index contributed by atoms with van der Waals surface area (Å²) in [5, 5.41) is 0.263. The summed E-state index contributed by atoms with van der Waals surface area (Å²) < 4.78 is 22.2. The SMILES string of the molecule is CCc1cc(C(=O)N(C)CCS(C)(=O)=O)cc(Cl)n1. The zero-order chi connectivity index (χ0) is 14.6. The summed E-state index contributed by atoms with van der Waals surface area (Å²) in [7, 11) is -1.53. The van der Waals surface area contributed by atoms with Crippen LogP contribution in [0, 0.1) is 0 Å². The van der Waals surface area contributed by atoms with E-state index in [9.17, 15) is 13.2 Å². The van der Waals surface area contributed by atoms with E-state index in [1.54, 1.807) is 13.1 Å². The topological polar surface area (TPSA) is 67.3 Å². The molecule has 0 atom stereocenters. The van der Waals surface area contributed by atoms with Gasteiger partial charge in [0.2, 0.25) is 0 Å². The Labute approximate surface area is 118 Å². The van der Waals surface area contributed by atoms with Gasteiger partial charge in [-0.3, -0.25) is 4.79 Å². The number of nitrogens with zero attached hydrogens (tertiary/aromatic N) is 2. The van der Waals surface area contributed by atoms with Crippen molar-refractivity contribution >= 4 is 27.3 Å². The number of rotatable bonds is 5. The van der Waals surface area contributed by atoms with E-state index in [0.29, 0.717) is 12.0 Å². The molecule has 0 aliphatic rings. The Bertz CT molecular complexity index is 572. The predicted octanol–water partition coefficient (Wildman–Crippen LogP) is 1.41. The molecule has 1 aromatic rings. The molecule has 0 aliphatic heterocycles. The van der Waals surface area contributed by atoms with Crippen LogP contribution in [-0.4, -0.2) is 49.8 Å². The molecular formula is C12H17ClN2O3S. The maximum atomic E-state index is 12.1. The van der Waals surface area contributed by atoms with E-state index in [2.05, 4.69) is 4.98 Å². The van der Waals surface area contributed by atoms with Crippen LogP contribution in [-0.2, 0) is 16.3 Å². The van der Waals surface area contributed by atoms with Gasteiger partial charge in [0.15, 0.2) is 0 Å². The molecule has 5 nitrogen and oxygen atoms in total. The van der Waals surface area contributed by atoms with Crippen molar-refractivity contribution < 1.29 is 13.2 Å². The first kappa shape index (κ1) is 15.9. The monoisotopic (exact) mass is 304 g/mol. The smallest absolute Gasteiger partial charge is 0.253 e. The second-order valence-corrected chi connectivity index (χ2v) is 7.03. The Kier molecular flexibility index (Phi) is 5.31. The number of pyridine rings is 1. The van der Waals surface area contributed by atoms with Crippen LogP contribution in [0.2, 0.25) is 5.15 Å². The summed E-state index contributed by atoms with van der Waals surface area (Å²) in [5.41, 5.74) is 1.15. The molecule has 0 aromatic carbocycles. The molecule has 0 radical (unpaired) electrons. The molecule has 106 valence electrons. The molecule has 1 aromatic heterocycles. The standard InChI is InChI=1S/C12H17ClN2O3S/c1-4-10-7-9(8-11(13)14-10)12(16)15(2)5-6-19(3,17)18/h7-8H,4-6H2,1-3H3. The highest BCUT2D eigenvalue weighted by Gasteiger charge is 2.15. The Morgan fingerprint density at radius 1 is 1.42 bits per heavy atom. The minimum Gasteiger partial charge on any atom is -0.341 e. The van der Waals surface area contributed by atoms with Crippen molar-refractivity contribution in [2.24, 2.45) is 0 Å². The van der Waals surface area contributed by atoms with Crippen LogP contribution in [0.5, 0.6) is 0 Å². The second-order valence-electron chi connectivity index (χ2n) is 4.38. The Morgan fingerprint density at radius 2 is 2.05 bits per heavy atom. The molecule has 0 bridgehead atoms. The number of hydrogen-bond acceptors (Lipinski definition) is 4. The van der Waals surface area contributed by atoms with Gasteiger partial charge in [0.05, 0.1) is 5.75 Å².